The molecule has 0 saturated carbocycles. The third-order valence-corrected chi connectivity index (χ3v) is 4.43. The number of carbonyl (C=O) groups is 1. The summed E-state index contributed by atoms with van der Waals surface area (Å²) in [6.07, 6.45) is 1.95. The lowest BCUT2D eigenvalue weighted by Gasteiger charge is -2.41. The van der Waals surface area contributed by atoms with Crippen molar-refractivity contribution in [2.45, 2.75) is 26.4 Å². The maximum atomic E-state index is 12.0. The van der Waals surface area contributed by atoms with Crippen LogP contribution in [0.5, 0.6) is 0 Å². The summed E-state index contributed by atoms with van der Waals surface area (Å²) in [5.74, 6) is 0.149. The zero-order valence-corrected chi connectivity index (χ0v) is 13.8. The van der Waals surface area contributed by atoms with E-state index in [4.69, 9.17) is 0 Å². The van der Waals surface area contributed by atoms with Crippen LogP contribution in [0.2, 0.25) is 0 Å². The van der Waals surface area contributed by atoms with Gasteiger partial charge in [0.1, 0.15) is 0 Å². The number of pyridine rings is 1. The number of aromatic nitrogens is 1. The predicted octanol–water partition coefficient (Wildman–Crippen LogP) is 2.80. The maximum absolute atomic E-state index is 12.0. The number of aryl methyl sites for hydroxylation is 1. The minimum atomic E-state index is 0.126. The monoisotopic (exact) mass is 309 g/mol. The second-order valence-corrected chi connectivity index (χ2v) is 6.18. The van der Waals surface area contributed by atoms with Crippen molar-refractivity contribution in [3.8, 4) is 0 Å². The summed E-state index contributed by atoms with van der Waals surface area (Å²) in [4.78, 5) is 20.7. The molecule has 1 amide bonds. The third-order valence-electron chi connectivity index (χ3n) is 4.43. The molecule has 3 rings (SSSR count). The Morgan fingerprint density at radius 1 is 1.17 bits per heavy atom. The fourth-order valence-corrected chi connectivity index (χ4v) is 3.17. The molecule has 1 aromatic carbocycles. The van der Waals surface area contributed by atoms with Crippen molar-refractivity contribution in [1.29, 1.82) is 0 Å². The fraction of sp³-hybridized carbons (Fsp3) is 0.368. The summed E-state index contributed by atoms with van der Waals surface area (Å²) in [5.41, 5.74) is 3.46. The standard InChI is InChI=1S/C19H23N3O/c1-15-8-9-17(12-20-15)13-21-10-11-22(16(2)23)19(14-21)18-6-4-3-5-7-18/h3-9,12,19H,10-11,13-14H2,1-2H3/t19-/m0/s1. The van der Waals surface area contributed by atoms with Gasteiger partial charge in [-0.2, -0.15) is 0 Å². The van der Waals surface area contributed by atoms with Crippen LogP contribution in [0, 0.1) is 6.92 Å². The van der Waals surface area contributed by atoms with E-state index < -0.39 is 0 Å². The van der Waals surface area contributed by atoms with Gasteiger partial charge in [-0.1, -0.05) is 36.4 Å². The van der Waals surface area contributed by atoms with Crippen LogP contribution in [0.4, 0.5) is 0 Å². The van der Waals surface area contributed by atoms with E-state index in [1.807, 2.05) is 36.2 Å². The minimum Gasteiger partial charge on any atom is -0.333 e. The van der Waals surface area contributed by atoms with Crippen molar-refractivity contribution in [3.63, 3.8) is 0 Å². The Morgan fingerprint density at radius 2 is 1.96 bits per heavy atom. The fourth-order valence-electron chi connectivity index (χ4n) is 3.17. The highest BCUT2D eigenvalue weighted by Crippen LogP contribution is 2.26. The molecule has 0 spiro atoms. The first-order valence-electron chi connectivity index (χ1n) is 8.09. The molecule has 1 fully saturated rings. The molecule has 2 heterocycles. The molecule has 1 saturated heterocycles. The first-order chi connectivity index (χ1) is 11.1. The number of hydrogen-bond donors (Lipinski definition) is 0. The molecule has 0 N–H and O–H groups in total. The predicted molar refractivity (Wildman–Crippen MR) is 90.8 cm³/mol. The summed E-state index contributed by atoms with van der Waals surface area (Å²) in [6.45, 7) is 7.07. The lowest BCUT2D eigenvalue weighted by molar-refractivity contribution is -0.134. The van der Waals surface area contributed by atoms with E-state index in [2.05, 4.69) is 34.1 Å². The van der Waals surface area contributed by atoms with E-state index in [1.54, 1.807) is 6.92 Å². The molecule has 0 bridgehead atoms. The van der Waals surface area contributed by atoms with Gasteiger partial charge in [-0.25, -0.2) is 0 Å². The Bertz CT molecular complexity index is 654. The van der Waals surface area contributed by atoms with Gasteiger partial charge in [-0.3, -0.25) is 14.7 Å². The lowest BCUT2D eigenvalue weighted by atomic mass is 10.0. The van der Waals surface area contributed by atoms with Gasteiger partial charge in [0.25, 0.3) is 0 Å². The molecule has 1 aromatic heterocycles. The van der Waals surface area contributed by atoms with Crippen LogP contribution < -0.4 is 0 Å². The van der Waals surface area contributed by atoms with Gasteiger partial charge in [0.2, 0.25) is 5.91 Å². The highest BCUT2D eigenvalue weighted by Gasteiger charge is 2.29. The van der Waals surface area contributed by atoms with Gasteiger partial charge in [0.15, 0.2) is 0 Å². The maximum Gasteiger partial charge on any atom is 0.220 e. The SMILES string of the molecule is CC(=O)N1CCN(Cc2ccc(C)nc2)C[C@H]1c1ccccc1. The highest BCUT2D eigenvalue weighted by molar-refractivity contribution is 5.74. The summed E-state index contributed by atoms with van der Waals surface area (Å²) in [5, 5.41) is 0. The van der Waals surface area contributed by atoms with Crippen LogP contribution in [0.15, 0.2) is 48.7 Å². The van der Waals surface area contributed by atoms with Crippen LogP contribution in [0.25, 0.3) is 0 Å². The number of amides is 1. The van der Waals surface area contributed by atoms with E-state index in [9.17, 15) is 4.79 Å². The Labute approximate surface area is 137 Å². The van der Waals surface area contributed by atoms with Gasteiger partial charge >= 0.3 is 0 Å². The smallest absolute Gasteiger partial charge is 0.220 e. The zero-order chi connectivity index (χ0) is 16.2. The van der Waals surface area contributed by atoms with Gasteiger partial charge in [-0.15, -0.1) is 0 Å². The number of benzene rings is 1. The molecule has 1 aliphatic rings. The van der Waals surface area contributed by atoms with Crippen molar-refractivity contribution in [1.82, 2.24) is 14.8 Å². The van der Waals surface area contributed by atoms with Crippen molar-refractivity contribution in [3.05, 3.63) is 65.5 Å². The number of rotatable bonds is 3. The summed E-state index contributed by atoms with van der Waals surface area (Å²) >= 11 is 0. The van der Waals surface area contributed by atoms with Gasteiger partial charge in [0.05, 0.1) is 6.04 Å². The normalized spacial score (nSPS) is 18.9. The van der Waals surface area contributed by atoms with Crippen molar-refractivity contribution in [2.24, 2.45) is 0 Å². The molecule has 120 valence electrons. The Morgan fingerprint density at radius 3 is 2.61 bits per heavy atom. The van der Waals surface area contributed by atoms with Gasteiger partial charge in [-0.05, 0) is 24.1 Å². The number of carbonyl (C=O) groups excluding carboxylic acids is 1. The highest BCUT2D eigenvalue weighted by atomic mass is 16.2. The molecule has 23 heavy (non-hydrogen) atoms. The van der Waals surface area contributed by atoms with Crippen molar-refractivity contribution < 1.29 is 4.79 Å². The molecule has 0 radical (unpaired) electrons. The number of piperazine rings is 1. The molecule has 1 atom stereocenters. The second-order valence-electron chi connectivity index (χ2n) is 6.18. The molecule has 4 heteroatoms. The van der Waals surface area contributed by atoms with Crippen molar-refractivity contribution in [2.75, 3.05) is 19.6 Å². The zero-order valence-electron chi connectivity index (χ0n) is 13.8. The molecule has 4 nitrogen and oxygen atoms in total. The van der Waals surface area contributed by atoms with E-state index in [0.29, 0.717) is 0 Å². The lowest BCUT2D eigenvalue weighted by Crippen LogP contribution is -2.49. The van der Waals surface area contributed by atoms with Gasteiger partial charge < -0.3 is 4.90 Å². The summed E-state index contributed by atoms with van der Waals surface area (Å²) in [7, 11) is 0. The van der Waals surface area contributed by atoms with Gasteiger partial charge in [0, 0.05) is 45.0 Å². The first-order valence-corrected chi connectivity index (χ1v) is 8.09. The Kier molecular flexibility index (Phi) is 4.72. The van der Waals surface area contributed by atoms with Crippen LogP contribution in [0.1, 0.15) is 29.8 Å². The van der Waals surface area contributed by atoms with E-state index in [0.717, 1.165) is 31.9 Å². The number of nitrogens with zero attached hydrogens (tertiary/aromatic N) is 3. The van der Waals surface area contributed by atoms with Crippen molar-refractivity contribution >= 4 is 5.91 Å². The largest absolute Gasteiger partial charge is 0.333 e. The molecular formula is C19H23N3O. The average molecular weight is 309 g/mol. The van der Waals surface area contributed by atoms with E-state index in [-0.39, 0.29) is 11.9 Å². The average Bonchev–Trinajstić information content (AvgIpc) is 2.57. The second kappa shape index (κ2) is 6.92. The Balaban J connectivity index is 1.75. The van der Waals surface area contributed by atoms with Crippen LogP contribution >= 0.6 is 0 Å². The molecule has 0 unspecified atom stereocenters. The molecular weight excluding hydrogens is 286 g/mol. The summed E-state index contributed by atoms with van der Waals surface area (Å²) < 4.78 is 0. The van der Waals surface area contributed by atoms with Crippen LogP contribution in [-0.4, -0.2) is 40.3 Å². The topological polar surface area (TPSA) is 36.4 Å². The Hall–Kier alpha value is -2.20. The number of hydrogen-bond acceptors (Lipinski definition) is 3. The minimum absolute atomic E-state index is 0.126. The quantitative estimate of drug-likeness (QED) is 0.875. The van der Waals surface area contributed by atoms with Crippen LogP contribution in [-0.2, 0) is 11.3 Å². The summed E-state index contributed by atoms with van der Waals surface area (Å²) in [6, 6.07) is 14.6. The first kappa shape index (κ1) is 15.7. The third kappa shape index (κ3) is 3.77. The van der Waals surface area contributed by atoms with E-state index in [1.165, 1.54) is 11.1 Å². The van der Waals surface area contributed by atoms with E-state index >= 15 is 0 Å². The van der Waals surface area contributed by atoms with Crippen LogP contribution in [0.3, 0.4) is 0 Å². The molecule has 0 aliphatic carbocycles. The molecule has 1 aliphatic heterocycles. The molecule has 2 aromatic rings.